The normalized spacial score (nSPS) is 16.1. The zero-order valence-electron chi connectivity index (χ0n) is 12.4. The molecule has 0 unspecified atom stereocenters. The number of aromatic nitrogens is 2. The molecule has 0 bridgehead atoms. The fourth-order valence-corrected chi connectivity index (χ4v) is 3.24. The van der Waals surface area contributed by atoms with Gasteiger partial charge < -0.3 is 16.4 Å². The Hall–Kier alpha value is -2.15. The van der Waals surface area contributed by atoms with E-state index in [9.17, 15) is 4.79 Å². The number of nitrogens with zero attached hydrogens (tertiary/aromatic N) is 2. The van der Waals surface area contributed by atoms with E-state index in [0.29, 0.717) is 11.7 Å². The number of carbonyl (C=O) groups excluding carboxylic acids is 1. The van der Waals surface area contributed by atoms with Crippen LogP contribution >= 0.6 is 11.3 Å². The Morgan fingerprint density at radius 1 is 1.50 bits per heavy atom. The largest absolute Gasteiger partial charge is 0.374 e. The van der Waals surface area contributed by atoms with Crippen molar-refractivity contribution in [2.75, 3.05) is 17.6 Å². The lowest BCUT2D eigenvalue weighted by atomic mass is 10.1. The summed E-state index contributed by atoms with van der Waals surface area (Å²) in [5, 5.41) is 15.4. The molecule has 2 heterocycles. The smallest absolute Gasteiger partial charge is 0.242 e. The first-order valence-corrected chi connectivity index (χ1v) is 8.15. The van der Waals surface area contributed by atoms with Crippen LogP contribution in [0, 0.1) is 6.92 Å². The van der Waals surface area contributed by atoms with Gasteiger partial charge in [0.25, 0.3) is 0 Å². The second-order valence-corrected chi connectivity index (χ2v) is 6.58. The van der Waals surface area contributed by atoms with Crippen LogP contribution in [-0.4, -0.2) is 28.7 Å². The molecule has 1 aromatic carbocycles. The molecule has 1 aromatic heterocycles. The summed E-state index contributed by atoms with van der Waals surface area (Å²) >= 11 is 1.40. The van der Waals surface area contributed by atoms with E-state index >= 15 is 0 Å². The predicted octanol–water partition coefficient (Wildman–Crippen LogP) is 1.51. The van der Waals surface area contributed by atoms with Crippen molar-refractivity contribution in [1.29, 1.82) is 0 Å². The quantitative estimate of drug-likeness (QED) is 0.727. The Kier molecular flexibility index (Phi) is 4.24. The number of nitrogens with two attached hydrogens (primary N) is 1. The average molecular weight is 317 g/mol. The molecule has 0 radical (unpaired) electrons. The van der Waals surface area contributed by atoms with Crippen LogP contribution in [0.25, 0.3) is 0 Å². The van der Waals surface area contributed by atoms with Gasteiger partial charge in [0, 0.05) is 25.1 Å². The topological polar surface area (TPSA) is 92.9 Å². The van der Waals surface area contributed by atoms with E-state index in [1.165, 1.54) is 22.5 Å². The lowest BCUT2D eigenvalue weighted by Gasteiger charge is -2.11. The minimum atomic E-state index is -0.172. The minimum absolute atomic E-state index is 0.0469. The summed E-state index contributed by atoms with van der Waals surface area (Å²) in [6.07, 6.45) is 2.36. The van der Waals surface area contributed by atoms with Gasteiger partial charge in [-0.25, -0.2) is 0 Å². The molecule has 0 spiro atoms. The third kappa shape index (κ3) is 3.36. The van der Waals surface area contributed by atoms with Crippen LogP contribution in [0.2, 0.25) is 0 Å². The Morgan fingerprint density at radius 3 is 3.14 bits per heavy atom. The molecule has 0 saturated carbocycles. The van der Waals surface area contributed by atoms with Gasteiger partial charge in [0.2, 0.25) is 11.0 Å². The van der Waals surface area contributed by atoms with Crippen molar-refractivity contribution in [2.24, 2.45) is 0 Å². The van der Waals surface area contributed by atoms with Crippen LogP contribution in [0.5, 0.6) is 0 Å². The highest BCUT2D eigenvalue weighted by Crippen LogP contribution is 2.26. The zero-order valence-corrected chi connectivity index (χ0v) is 13.2. The van der Waals surface area contributed by atoms with Gasteiger partial charge >= 0.3 is 0 Å². The number of rotatable bonds is 5. The first kappa shape index (κ1) is 14.8. The van der Waals surface area contributed by atoms with Crippen molar-refractivity contribution >= 4 is 28.1 Å². The van der Waals surface area contributed by atoms with Gasteiger partial charge in [0.05, 0.1) is 0 Å². The first-order valence-electron chi connectivity index (χ1n) is 7.33. The third-order valence-corrected chi connectivity index (χ3v) is 4.49. The van der Waals surface area contributed by atoms with Crippen LogP contribution < -0.4 is 16.4 Å². The fourth-order valence-electron chi connectivity index (χ4n) is 2.59. The van der Waals surface area contributed by atoms with Crippen LogP contribution in [0.1, 0.15) is 22.6 Å². The Balaban J connectivity index is 1.43. The number of aryl methyl sites for hydroxylation is 2. The lowest BCUT2D eigenvalue weighted by Crippen LogP contribution is -2.38. The van der Waals surface area contributed by atoms with E-state index in [1.807, 2.05) is 6.07 Å². The molecule has 1 amide bonds. The molecule has 0 fully saturated rings. The van der Waals surface area contributed by atoms with Crippen molar-refractivity contribution in [3.05, 3.63) is 34.3 Å². The number of hydrogen-bond acceptors (Lipinski definition) is 6. The maximum Gasteiger partial charge on any atom is 0.242 e. The van der Waals surface area contributed by atoms with E-state index in [4.69, 9.17) is 5.73 Å². The van der Waals surface area contributed by atoms with Gasteiger partial charge in [-0.05, 0) is 25.0 Å². The van der Waals surface area contributed by atoms with Crippen LogP contribution in [0.4, 0.5) is 10.8 Å². The van der Waals surface area contributed by atoms with Crippen molar-refractivity contribution in [1.82, 2.24) is 15.5 Å². The maximum atomic E-state index is 12.2. The summed E-state index contributed by atoms with van der Waals surface area (Å²) in [5.74, 6) is 0.0469. The van der Waals surface area contributed by atoms with Gasteiger partial charge in [-0.1, -0.05) is 29.0 Å². The van der Waals surface area contributed by atoms with Crippen LogP contribution in [0.3, 0.4) is 0 Å². The van der Waals surface area contributed by atoms with Crippen molar-refractivity contribution in [3.63, 3.8) is 0 Å². The molecule has 2 aromatic rings. The second-order valence-electron chi connectivity index (χ2n) is 5.49. The van der Waals surface area contributed by atoms with Crippen LogP contribution in [0.15, 0.2) is 18.2 Å². The Labute approximate surface area is 133 Å². The van der Waals surface area contributed by atoms with Gasteiger partial charge in [0.1, 0.15) is 11.0 Å². The molecule has 7 heteroatoms. The number of nitrogen functional groups attached to an aromatic ring is 1. The SMILES string of the molecule is Cc1ccc2c(c1)C[C@H](C(=O)NCCCc1nnc(N)s1)N2. The summed E-state index contributed by atoms with van der Waals surface area (Å²) < 4.78 is 0. The molecular weight excluding hydrogens is 298 g/mol. The fraction of sp³-hybridized carbons (Fsp3) is 0.400. The number of fused-ring (bicyclic) bond motifs is 1. The number of hydrogen-bond donors (Lipinski definition) is 3. The maximum absolute atomic E-state index is 12.2. The van der Waals surface area contributed by atoms with Crippen molar-refractivity contribution in [3.8, 4) is 0 Å². The number of carbonyl (C=O) groups is 1. The second kappa shape index (κ2) is 6.31. The minimum Gasteiger partial charge on any atom is -0.374 e. The van der Waals surface area contributed by atoms with E-state index < -0.39 is 0 Å². The number of anilines is 2. The number of amides is 1. The third-order valence-electron chi connectivity index (χ3n) is 3.68. The molecule has 1 aliphatic rings. The molecule has 0 saturated heterocycles. The highest BCUT2D eigenvalue weighted by molar-refractivity contribution is 7.15. The number of benzene rings is 1. The monoisotopic (exact) mass is 317 g/mol. The average Bonchev–Trinajstić information content (AvgIpc) is 3.09. The molecule has 116 valence electrons. The highest BCUT2D eigenvalue weighted by Gasteiger charge is 2.26. The molecule has 1 atom stereocenters. The van der Waals surface area contributed by atoms with Gasteiger partial charge in [-0.3, -0.25) is 4.79 Å². The molecule has 22 heavy (non-hydrogen) atoms. The highest BCUT2D eigenvalue weighted by atomic mass is 32.1. The van der Waals surface area contributed by atoms with Crippen molar-refractivity contribution in [2.45, 2.75) is 32.2 Å². The van der Waals surface area contributed by atoms with Gasteiger partial charge in [0.15, 0.2) is 0 Å². The molecule has 4 N–H and O–H groups in total. The van der Waals surface area contributed by atoms with E-state index in [1.54, 1.807) is 0 Å². The number of nitrogens with one attached hydrogen (secondary N) is 2. The summed E-state index contributed by atoms with van der Waals surface area (Å²) in [7, 11) is 0. The summed E-state index contributed by atoms with van der Waals surface area (Å²) in [4.78, 5) is 12.2. The Bertz CT molecular complexity index is 684. The van der Waals surface area contributed by atoms with E-state index in [2.05, 4.69) is 39.9 Å². The summed E-state index contributed by atoms with van der Waals surface area (Å²) in [6.45, 7) is 2.69. The van der Waals surface area contributed by atoms with E-state index in [0.717, 1.165) is 30.0 Å². The van der Waals surface area contributed by atoms with Gasteiger partial charge in [-0.15, -0.1) is 10.2 Å². The van der Waals surface area contributed by atoms with E-state index in [-0.39, 0.29) is 11.9 Å². The van der Waals surface area contributed by atoms with Gasteiger partial charge in [-0.2, -0.15) is 0 Å². The summed E-state index contributed by atoms with van der Waals surface area (Å²) in [5.41, 5.74) is 9.03. The van der Waals surface area contributed by atoms with Crippen molar-refractivity contribution < 1.29 is 4.79 Å². The predicted molar refractivity (Wildman–Crippen MR) is 87.9 cm³/mol. The lowest BCUT2D eigenvalue weighted by molar-refractivity contribution is -0.121. The first-order chi connectivity index (χ1) is 10.6. The molecule has 0 aliphatic carbocycles. The molecule has 6 nitrogen and oxygen atoms in total. The molecule has 3 rings (SSSR count). The summed E-state index contributed by atoms with van der Waals surface area (Å²) in [6, 6.07) is 6.06. The standard InChI is InChI=1S/C15H19N5OS/c1-9-4-5-11-10(7-9)8-12(18-11)14(21)17-6-2-3-13-19-20-15(16)22-13/h4-5,7,12,18H,2-3,6,8H2,1H3,(H2,16,20)(H,17,21)/t12-/m1/s1. The molecule has 1 aliphatic heterocycles. The van der Waals surface area contributed by atoms with Crippen LogP contribution in [-0.2, 0) is 17.6 Å². The Morgan fingerprint density at radius 2 is 2.36 bits per heavy atom. The zero-order chi connectivity index (χ0) is 15.5. The molecular formula is C15H19N5OS.